The van der Waals surface area contributed by atoms with Gasteiger partial charge >= 0.3 is 0 Å². The molecule has 0 saturated carbocycles. The van der Waals surface area contributed by atoms with Crippen molar-refractivity contribution in [1.82, 2.24) is 4.98 Å². The molecular weight excluding hydrogens is 383 g/mol. The Morgan fingerprint density at radius 2 is 1.87 bits per heavy atom. The lowest BCUT2D eigenvalue weighted by Crippen LogP contribution is -2.39. The molecule has 1 aliphatic heterocycles. The number of fused-ring (bicyclic) bond motifs is 1. The summed E-state index contributed by atoms with van der Waals surface area (Å²) in [5, 5.41) is 13.0. The second-order valence-electron chi connectivity index (χ2n) is 7.42. The molecule has 0 radical (unpaired) electrons. The number of amides is 1. The van der Waals surface area contributed by atoms with Crippen molar-refractivity contribution in [3.8, 4) is 6.07 Å². The van der Waals surface area contributed by atoms with Crippen molar-refractivity contribution in [2.45, 2.75) is 19.3 Å². The van der Waals surface area contributed by atoms with Gasteiger partial charge in [-0.2, -0.15) is 5.26 Å². The Labute approximate surface area is 172 Å². The Balaban J connectivity index is 1.54. The van der Waals surface area contributed by atoms with Crippen LogP contribution in [-0.4, -0.2) is 24.0 Å². The molecule has 2 aromatic carbocycles. The highest BCUT2D eigenvalue weighted by molar-refractivity contribution is 5.94. The lowest BCUT2D eigenvalue weighted by atomic mass is 9.94. The molecule has 0 unspecified atom stereocenters. The van der Waals surface area contributed by atoms with Gasteiger partial charge in [0.25, 0.3) is 5.56 Å². The smallest absolute Gasteiger partial charge is 0.254 e. The molecule has 6 nitrogen and oxygen atoms in total. The summed E-state index contributed by atoms with van der Waals surface area (Å²) in [6, 6.07) is 15.3. The summed E-state index contributed by atoms with van der Waals surface area (Å²) in [7, 11) is 0. The van der Waals surface area contributed by atoms with Gasteiger partial charge in [0.1, 0.15) is 5.82 Å². The van der Waals surface area contributed by atoms with Crippen molar-refractivity contribution < 1.29 is 9.18 Å². The van der Waals surface area contributed by atoms with Crippen molar-refractivity contribution in [1.29, 1.82) is 5.26 Å². The molecule has 0 atom stereocenters. The van der Waals surface area contributed by atoms with E-state index in [2.05, 4.69) is 21.3 Å². The highest BCUT2D eigenvalue weighted by Crippen LogP contribution is 2.31. The van der Waals surface area contributed by atoms with Gasteiger partial charge in [0.2, 0.25) is 5.91 Å². The number of nitrogens with one attached hydrogen (secondary N) is 2. The van der Waals surface area contributed by atoms with Gasteiger partial charge < -0.3 is 15.2 Å². The van der Waals surface area contributed by atoms with Crippen molar-refractivity contribution in [2.24, 2.45) is 5.92 Å². The quantitative estimate of drug-likeness (QED) is 0.696. The van der Waals surface area contributed by atoms with Gasteiger partial charge in [0.15, 0.2) is 0 Å². The predicted molar refractivity (Wildman–Crippen MR) is 114 cm³/mol. The standard InChI is InChI=1S/C23H21FN4O2/c24-16-5-7-17(8-6-16)26-22(29)15-10-13-28(14-11-15)21-18-3-1-2-4-20(18)27-23(30)19(21)9-12-25/h1-8,15H,9-11,13-14H2,(H,26,29)(H,27,30). The number of halogens is 1. The Hall–Kier alpha value is -3.66. The molecule has 2 N–H and O–H groups in total. The molecule has 0 spiro atoms. The fourth-order valence-electron chi connectivity index (χ4n) is 4.01. The Morgan fingerprint density at radius 1 is 1.17 bits per heavy atom. The second kappa shape index (κ2) is 8.37. The number of H-pyrrole nitrogens is 1. The molecule has 1 aliphatic rings. The molecule has 1 amide bonds. The van der Waals surface area contributed by atoms with Crippen LogP contribution >= 0.6 is 0 Å². The summed E-state index contributed by atoms with van der Waals surface area (Å²) in [5.74, 6) is -0.604. The average molecular weight is 404 g/mol. The molecule has 7 heteroatoms. The first-order valence-electron chi connectivity index (χ1n) is 9.89. The van der Waals surface area contributed by atoms with Crippen LogP contribution in [0.4, 0.5) is 15.8 Å². The molecule has 1 aromatic heterocycles. The molecule has 3 aromatic rings. The van der Waals surface area contributed by atoms with Gasteiger partial charge in [0.05, 0.1) is 29.3 Å². The SMILES string of the molecule is N#CCc1c(N2CCC(C(=O)Nc3ccc(F)cc3)CC2)c2ccccc2[nH]c1=O. The van der Waals surface area contributed by atoms with Crippen LogP contribution in [0.2, 0.25) is 0 Å². The molecule has 0 aliphatic carbocycles. The molecule has 4 rings (SSSR count). The van der Waals surface area contributed by atoms with Crippen molar-refractivity contribution >= 4 is 28.2 Å². The van der Waals surface area contributed by atoms with Gasteiger partial charge in [-0.05, 0) is 43.2 Å². The van der Waals surface area contributed by atoms with E-state index in [1.807, 2.05) is 24.3 Å². The topological polar surface area (TPSA) is 89.0 Å². The summed E-state index contributed by atoms with van der Waals surface area (Å²) in [5.41, 5.74) is 2.30. The maximum atomic E-state index is 13.0. The molecule has 152 valence electrons. The number of rotatable bonds is 4. The number of aromatic amines is 1. The maximum absolute atomic E-state index is 13.0. The number of aromatic nitrogens is 1. The van der Waals surface area contributed by atoms with E-state index >= 15 is 0 Å². The van der Waals surface area contributed by atoms with E-state index in [-0.39, 0.29) is 29.6 Å². The summed E-state index contributed by atoms with van der Waals surface area (Å²) in [6.45, 7) is 1.21. The van der Waals surface area contributed by atoms with Crippen LogP contribution in [-0.2, 0) is 11.2 Å². The Kier molecular flexibility index (Phi) is 5.48. The minimum atomic E-state index is -0.348. The molecule has 30 heavy (non-hydrogen) atoms. The summed E-state index contributed by atoms with van der Waals surface area (Å²) in [6.07, 6.45) is 1.28. The van der Waals surface area contributed by atoms with E-state index in [9.17, 15) is 19.2 Å². The van der Waals surface area contributed by atoms with E-state index in [0.717, 1.165) is 16.6 Å². The molecule has 1 saturated heterocycles. The highest BCUT2D eigenvalue weighted by atomic mass is 19.1. The lowest BCUT2D eigenvalue weighted by Gasteiger charge is -2.34. The Bertz CT molecular complexity index is 1170. The van der Waals surface area contributed by atoms with Crippen LogP contribution in [0.5, 0.6) is 0 Å². The number of nitrogens with zero attached hydrogens (tertiary/aromatic N) is 2. The predicted octanol–water partition coefficient (Wildman–Crippen LogP) is 3.59. The lowest BCUT2D eigenvalue weighted by molar-refractivity contribution is -0.120. The number of carbonyl (C=O) groups is 1. The average Bonchev–Trinajstić information content (AvgIpc) is 2.76. The van der Waals surface area contributed by atoms with E-state index in [4.69, 9.17) is 0 Å². The number of carbonyl (C=O) groups excluding carboxylic acids is 1. The molecule has 2 heterocycles. The molecular formula is C23H21FN4O2. The Morgan fingerprint density at radius 3 is 2.57 bits per heavy atom. The monoisotopic (exact) mass is 404 g/mol. The first kappa shape index (κ1) is 19.6. The maximum Gasteiger partial charge on any atom is 0.254 e. The minimum absolute atomic E-state index is 0.0283. The summed E-state index contributed by atoms with van der Waals surface area (Å²) < 4.78 is 13.0. The minimum Gasteiger partial charge on any atom is -0.371 e. The molecule has 1 fully saturated rings. The van der Waals surface area contributed by atoms with Crippen LogP contribution < -0.4 is 15.8 Å². The first-order chi connectivity index (χ1) is 14.6. The molecule has 0 bridgehead atoms. The zero-order valence-electron chi connectivity index (χ0n) is 16.3. The third kappa shape index (κ3) is 3.90. The second-order valence-corrected chi connectivity index (χ2v) is 7.42. The van der Waals surface area contributed by atoms with Crippen LogP contribution in [0.1, 0.15) is 18.4 Å². The number of piperidine rings is 1. The number of anilines is 2. The normalized spacial score (nSPS) is 14.5. The van der Waals surface area contributed by atoms with Gasteiger partial charge in [-0.1, -0.05) is 18.2 Å². The fourth-order valence-corrected chi connectivity index (χ4v) is 4.01. The van der Waals surface area contributed by atoms with Gasteiger partial charge in [-0.15, -0.1) is 0 Å². The van der Waals surface area contributed by atoms with E-state index in [1.54, 1.807) is 12.1 Å². The van der Waals surface area contributed by atoms with Crippen LogP contribution in [0.3, 0.4) is 0 Å². The van der Waals surface area contributed by atoms with E-state index < -0.39 is 0 Å². The number of hydrogen-bond donors (Lipinski definition) is 2. The third-order valence-electron chi connectivity index (χ3n) is 5.54. The summed E-state index contributed by atoms with van der Waals surface area (Å²) >= 11 is 0. The highest BCUT2D eigenvalue weighted by Gasteiger charge is 2.28. The first-order valence-corrected chi connectivity index (χ1v) is 9.89. The fraction of sp³-hybridized carbons (Fsp3) is 0.261. The number of benzene rings is 2. The van der Waals surface area contributed by atoms with Gasteiger partial charge in [0, 0.05) is 30.1 Å². The van der Waals surface area contributed by atoms with Crippen molar-refractivity contribution in [3.63, 3.8) is 0 Å². The van der Waals surface area contributed by atoms with Crippen LogP contribution in [0.25, 0.3) is 10.9 Å². The number of hydrogen-bond acceptors (Lipinski definition) is 4. The third-order valence-corrected chi connectivity index (χ3v) is 5.54. The number of nitriles is 1. The van der Waals surface area contributed by atoms with Crippen molar-refractivity contribution in [3.05, 3.63) is 70.3 Å². The number of pyridine rings is 1. The van der Waals surface area contributed by atoms with Crippen molar-refractivity contribution in [2.75, 3.05) is 23.3 Å². The number of para-hydroxylation sites is 1. The zero-order valence-corrected chi connectivity index (χ0v) is 16.3. The van der Waals surface area contributed by atoms with Gasteiger partial charge in [-0.3, -0.25) is 9.59 Å². The zero-order chi connectivity index (χ0) is 21.1. The van der Waals surface area contributed by atoms with Gasteiger partial charge in [-0.25, -0.2) is 4.39 Å². The largest absolute Gasteiger partial charge is 0.371 e. The van der Waals surface area contributed by atoms with E-state index in [1.165, 1.54) is 12.1 Å². The van der Waals surface area contributed by atoms with Crippen LogP contribution in [0.15, 0.2) is 53.3 Å². The van der Waals surface area contributed by atoms with Crippen LogP contribution in [0, 0.1) is 23.1 Å². The summed E-state index contributed by atoms with van der Waals surface area (Å²) in [4.78, 5) is 30.1. The van der Waals surface area contributed by atoms with E-state index in [0.29, 0.717) is 37.2 Å².